The molecule has 0 atom stereocenters. The van der Waals surface area contributed by atoms with Crippen molar-refractivity contribution in [2.45, 2.75) is 78.6 Å². The maximum atomic E-state index is 14.7. The Morgan fingerprint density at radius 2 is 0.596 bits per heavy atom. The van der Waals surface area contributed by atoms with Gasteiger partial charge in [0.1, 0.15) is 0 Å². The van der Waals surface area contributed by atoms with Crippen molar-refractivity contribution in [3.63, 3.8) is 0 Å². The van der Waals surface area contributed by atoms with Gasteiger partial charge in [-0.15, -0.1) is 0 Å². The first-order chi connectivity index (χ1) is 22.2. The van der Waals surface area contributed by atoms with Crippen LogP contribution in [-0.4, -0.2) is 127 Å². The zero-order chi connectivity index (χ0) is 42.9. The van der Waals surface area contributed by atoms with Gasteiger partial charge in [-0.25, -0.2) is 0 Å². The lowest BCUT2D eigenvalue weighted by Crippen LogP contribution is -2.79. The maximum Gasteiger partial charge on any atom is 0.470 e. The van der Waals surface area contributed by atoms with Crippen molar-refractivity contribution < 1.29 is 129 Å². The summed E-state index contributed by atoms with van der Waals surface area (Å²) in [6, 6.07) is -3.38. The van der Waals surface area contributed by atoms with Crippen molar-refractivity contribution in [3.8, 4) is 0 Å². The maximum absolute atomic E-state index is 14.7. The third-order valence-electron chi connectivity index (χ3n) is 6.81. The smallest absolute Gasteiger partial charge is 0.330 e. The molecule has 0 rings (SSSR count). The molecular weight excluding hydrogens is 840 g/mol. The van der Waals surface area contributed by atoms with Gasteiger partial charge in [-0.1, -0.05) is 0 Å². The van der Waals surface area contributed by atoms with Crippen LogP contribution < -0.4 is 0 Å². The molecule has 3 amide bonds. The van der Waals surface area contributed by atoms with E-state index in [1.54, 1.807) is 0 Å². The minimum atomic E-state index is -9.21. The Bertz CT molecular complexity index is 1270. The zero-order valence-corrected chi connectivity index (χ0v) is 25.3. The van der Waals surface area contributed by atoms with Crippen LogP contribution in [-0.2, 0) is 14.4 Å². The van der Waals surface area contributed by atoms with E-state index in [4.69, 9.17) is 0 Å². The Morgan fingerprint density at radius 1 is 0.385 bits per heavy atom. The Kier molecular flexibility index (Phi) is 12.5. The molecule has 0 aromatic heterocycles. The van der Waals surface area contributed by atoms with Crippen LogP contribution in [0.5, 0.6) is 0 Å². The molecule has 0 spiro atoms. The van der Waals surface area contributed by atoms with Crippen LogP contribution in [0.15, 0.2) is 0 Å². The van der Waals surface area contributed by atoms with E-state index < -0.39 is 140 Å². The van der Waals surface area contributed by atoms with E-state index in [-0.39, 0.29) is 0 Å². The minimum Gasteiger partial charge on any atom is -0.330 e. The fourth-order valence-corrected chi connectivity index (χ4v) is 8.28. The molecule has 0 heterocycles. The van der Waals surface area contributed by atoms with Gasteiger partial charge in [0.25, 0.3) is 0 Å². The SMILES string of the molecule is CN(C(=O)C(F)(F)F)[Si](CCC(F)(F)C(F)(F)C(F)(F)C(F)(F)C(F)(F)C(F)(F)C(F)(F)C(F)(F)F)(N(C)C(=O)C(F)(F)F)N(C)C(=O)C(F)(F)F. The number of hydrogen-bond donors (Lipinski definition) is 0. The first kappa shape index (κ1) is 48.8. The van der Waals surface area contributed by atoms with Crippen LogP contribution in [0.2, 0.25) is 6.04 Å². The van der Waals surface area contributed by atoms with Gasteiger partial charge in [0.05, 0.1) is 0 Å². The van der Waals surface area contributed by atoms with Gasteiger partial charge >= 0.3 is 92.4 Å². The van der Waals surface area contributed by atoms with Crippen LogP contribution >= 0.6 is 0 Å². The molecule has 6 nitrogen and oxygen atoms in total. The molecule has 52 heavy (non-hydrogen) atoms. The van der Waals surface area contributed by atoms with E-state index in [1.807, 2.05) is 0 Å². The van der Waals surface area contributed by atoms with Crippen molar-refractivity contribution in [2.24, 2.45) is 0 Å². The summed E-state index contributed by atoms with van der Waals surface area (Å²) in [6.07, 6.45) is -32.0. The standard InChI is InChI=1S/C19H13F26N3O3Si/c1-46(6(49)10(22,23)24)52(47(2)7(50)11(25,26)27,48(3)8(51)12(28,29)30)5-4-9(20,21)13(31,32)14(33,34)15(35,36)16(37,38)17(39,40)18(41,42)19(43,44)45/h4-5H2,1-3H3. The summed E-state index contributed by atoms with van der Waals surface area (Å²) < 4.78 is 346. The lowest BCUT2D eigenvalue weighted by Gasteiger charge is -2.50. The number of amides is 3. The molecule has 0 fully saturated rings. The highest BCUT2D eigenvalue weighted by atomic mass is 28.4. The molecule has 0 aromatic rings. The topological polar surface area (TPSA) is 60.9 Å². The molecule has 33 heteroatoms. The van der Waals surface area contributed by atoms with E-state index in [2.05, 4.69) is 0 Å². The van der Waals surface area contributed by atoms with Crippen molar-refractivity contribution in [1.29, 1.82) is 0 Å². The summed E-state index contributed by atoms with van der Waals surface area (Å²) in [5, 5.41) is 0. The second-order valence-corrected chi connectivity index (χ2v) is 14.1. The predicted molar refractivity (Wildman–Crippen MR) is 112 cm³/mol. The molecule has 0 radical (unpaired) electrons. The third-order valence-corrected chi connectivity index (χ3v) is 11.6. The molecule has 0 N–H and O–H groups in total. The number of rotatable bonds is 12. The third kappa shape index (κ3) is 7.45. The van der Waals surface area contributed by atoms with Crippen LogP contribution in [0, 0.1) is 0 Å². The fourth-order valence-electron chi connectivity index (χ4n) is 3.91. The first-order valence-electron chi connectivity index (χ1n) is 11.9. The second kappa shape index (κ2) is 13.3. The van der Waals surface area contributed by atoms with Gasteiger partial charge in [-0.05, 0) is 0 Å². The average molecular weight is 853 g/mol. The summed E-state index contributed by atoms with van der Waals surface area (Å²) >= 11 is 0. The summed E-state index contributed by atoms with van der Waals surface area (Å²) in [7, 11) is -9.46. The summed E-state index contributed by atoms with van der Waals surface area (Å²) in [6.45, 7) is 0. The Labute approximate surface area is 269 Å². The van der Waals surface area contributed by atoms with Crippen molar-refractivity contribution in [3.05, 3.63) is 0 Å². The number of halogens is 26. The molecular formula is C19H13F26N3O3Si. The number of alkyl halides is 26. The predicted octanol–water partition coefficient (Wildman–Crippen LogP) is 7.39. The van der Waals surface area contributed by atoms with E-state index in [1.165, 1.54) is 0 Å². The van der Waals surface area contributed by atoms with Crippen LogP contribution in [0.3, 0.4) is 0 Å². The van der Waals surface area contributed by atoms with Crippen molar-refractivity contribution in [2.75, 3.05) is 21.1 Å². The molecule has 0 aliphatic carbocycles. The highest BCUT2D eigenvalue weighted by molar-refractivity contribution is 6.78. The number of nitrogens with zero attached hydrogens (tertiary/aromatic N) is 3. The molecule has 0 aliphatic heterocycles. The average Bonchev–Trinajstić information content (AvgIpc) is 2.92. The van der Waals surface area contributed by atoms with E-state index in [0.29, 0.717) is 0 Å². The minimum absolute atomic E-state index is 0.662. The zero-order valence-electron chi connectivity index (χ0n) is 24.3. The van der Waals surface area contributed by atoms with Gasteiger partial charge in [0.15, 0.2) is 0 Å². The van der Waals surface area contributed by atoms with E-state index in [9.17, 15) is 129 Å². The molecule has 0 aromatic carbocycles. The van der Waals surface area contributed by atoms with Gasteiger partial charge in [0, 0.05) is 33.6 Å². The van der Waals surface area contributed by atoms with Gasteiger partial charge in [-0.3, -0.25) is 14.4 Å². The number of hydrogen-bond acceptors (Lipinski definition) is 3. The molecule has 0 bridgehead atoms. The normalized spacial score (nSPS) is 15.4. The molecule has 308 valence electrons. The molecule has 0 aliphatic rings. The fraction of sp³-hybridized carbons (Fsp3) is 0.842. The lowest BCUT2D eigenvalue weighted by atomic mass is 9.88. The first-order valence-corrected chi connectivity index (χ1v) is 14.0. The highest BCUT2D eigenvalue weighted by Crippen LogP contribution is 2.64. The monoisotopic (exact) mass is 853 g/mol. The number of carbonyl (C=O) groups is 3. The molecule has 0 saturated heterocycles. The van der Waals surface area contributed by atoms with E-state index >= 15 is 0 Å². The Hall–Kier alpha value is -3.19. The summed E-state index contributed by atoms with van der Waals surface area (Å²) in [5.41, 5.74) is 0. The highest BCUT2D eigenvalue weighted by Gasteiger charge is 2.95. The molecule has 0 saturated carbocycles. The van der Waals surface area contributed by atoms with Gasteiger partial charge in [0.2, 0.25) is 0 Å². The quantitative estimate of drug-likeness (QED) is 0.152. The van der Waals surface area contributed by atoms with Gasteiger partial charge in [-0.2, -0.15) is 114 Å². The number of carbonyl (C=O) groups excluding carboxylic acids is 3. The summed E-state index contributed by atoms with van der Waals surface area (Å²) in [4.78, 5) is 35.6. The van der Waals surface area contributed by atoms with Crippen molar-refractivity contribution in [1.82, 2.24) is 13.7 Å². The largest absolute Gasteiger partial charge is 0.470 e. The van der Waals surface area contributed by atoms with Gasteiger partial charge < -0.3 is 13.7 Å². The van der Waals surface area contributed by atoms with Crippen LogP contribution in [0.4, 0.5) is 114 Å². The lowest BCUT2D eigenvalue weighted by molar-refractivity contribution is -0.461. The van der Waals surface area contributed by atoms with Crippen LogP contribution in [0.1, 0.15) is 6.42 Å². The van der Waals surface area contributed by atoms with E-state index in [0.717, 1.165) is 0 Å². The Balaban J connectivity index is 7.87. The summed E-state index contributed by atoms with van der Waals surface area (Å²) in [5.74, 6) is -72.8. The van der Waals surface area contributed by atoms with Crippen LogP contribution in [0.25, 0.3) is 0 Å². The second-order valence-electron chi connectivity index (χ2n) is 10.0. The Morgan fingerprint density at radius 3 is 0.808 bits per heavy atom. The van der Waals surface area contributed by atoms with Crippen molar-refractivity contribution >= 4 is 26.3 Å². The molecule has 0 unspecified atom stereocenters.